The van der Waals surface area contributed by atoms with Gasteiger partial charge in [0, 0.05) is 23.9 Å². The number of nitrogens with zero attached hydrogens (tertiary/aromatic N) is 1. The predicted octanol–water partition coefficient (Wildman–Crippen LogP) is 3.27. The smallest absolute Gasteiger partial charge is 0.254 e. The Hall–Kier alpha value is -1.68. The zero-order valence-corrected chi connectivity index (χ0v) is 12.7. The number of aromatic nitrogens is 1. The van der Waals surface area contributed by atoms with Crippen LogP contribution in [0.5, 0.6) is 5.75 Å². The normalized spacial score (nSPS) is 10.6. The third-order valence-corrected chi connectivity index (χ3v) is 3.50. The van der Waals surface area contributed by atoms with E-state index in [1.165, 1.54) is 0 Å². The maximum absolute atomic E-state index is 12.1. The third kappa shape index (κ3) is 3.07. The van der Waals surface area contributed by atoms with E-state index < -0.39 is 0 Å². The van der Waals surface area contributed by atoms with Gasteiger partial charge >= 0.3 is 0 Å². The van der Waals surface area contributed by atoms with Crippen LogP contribution in [0.1, 0.15) is 18.9 Å². The van der Waals surface area contributed by atoms with Gasteiger partial charge in [-0.15, -0.1) is 0 Å². The largest absolute Gasteiger partial charge is 0.494 e. The highest BCUT2D eigenvalue weighted by atomic mass is 32.1. The van der Waals surface area contributed by atoms with Crippen LogP contribution in [0.15, 0.2) is 41.2 Å². The van der Waals surface area contributed by atoms with Crippen LogP contribution in [0.3, 0.4) is 0 Å². The van der Waals surface area contributed by atoms with Gasteiger partial charge in [-0.1, -0.05) is 25.1 Å². The van der Waals surface area contributed by atoms with Crippen LogP contribution < -0.4 is 10.3 Å². The zero-order valence-electron chi connectivity index (χ0n) is 11.8. The first-order valence-electron chi connectivity index (χ1n) is 6.70. The molecule has 0 amide bonds. The fraction of sp³-hybridized carbons (Fsp3) is 0.312. The molecule has 1 aromatic heterocycles. The summed E-state index contributed by atoms with van der Waals surface area (Å²) in [5, 5.41) is 0. The molecule has 0 aliphatic rings. The quantitative estimate of drug-likeness (QED) is 0.857. The molecule has 1 aromatic carbocycles. The highest BCUT2D eigenvalue weighted by molar-refractivity contribution is 7.79. The lowest BCUT2D eigenvalue weighted by molar-refractivity contribution is 0.317. The van der Waals surface area contributed by atoms with E-state index in [-0.39, 0.29) is 5.56 Å². The van der Waals surface area contributed by atoms with Crippen molar-refractivity contribution in [1.82, 2.24) is 4.57 Å². The first-order valence-corrected chi connectivity index (χ1v) is 7.33. The SMILES string of the molecule is CCCOc1cccc(-c2ccc(CS)c(=O)n2C)c1. The van der Waals surface area contributed by atoms with Gasteiger partial charge < -0.3 is 9.30 Å². The molecule has 0 bridgehead atoms. The van der Waals surface area contributed by atoms with Crippen molar-refractivity contribution in [1.29, 1.82) is 0 Å². The van der Waals surface area contributed by atoms with E-state index >= 15 is 0 Å². The summed E-state index contributed by atoms with van der Waals surface area (Å²) < 4.78 is 7.29. The molecule has 3 nitrogen and oxygen atoms in total. The van der Waals surface area contributed by atoms with Crippen LogP contribution in [0, 0.1) is 0 Å². The second-order valence-electron chi connectivity index (χ2n) is 4.64. The van der Waals surface area contributed by atoms with Crippen molar-refractivity contribution >= 4 is 12.6 Å². The fourth-order valence-corrected chi connectivity index (χ4v) is 2.30. The van der Waals surface area contributed by atoms with Gasteiger partial charge in [0.25, 0.3) is 5.56 Å². The number of hydrogen-bond acceptors (Lipinski definition) is 3. The lowest BCUT2D eigenvalue weighted by atomic mass is 10.1. The number of thiol groups is 1. The van der Waals surface area contributed by atoms with Crippen LogP contribution >= 0.6 is 12.6 Å². The predicted molar refractivity (Wildman–Crippen MR) is 85.6 cm³/mol. The molecule has 4 heteroatoms. The molecule has 0 unspecified atom stereocenters. The molecule has 2 aromatic rings. The van der Waals surface area contributed by atoms with Crippen LogP contribution in [0.4, 0.5) is 0 Å². The summed E-state index contributed by atoms with van der Waals surface area (Å²) >= 11 is 4.17. The molecule has 1 heterocycles. The molecule has 20 heavy (non-hydrogen) atoms. The van der Waals surface area contributed by atoms with Gasteiger partial charge in [0.15, 0.2) is 0 Å². The van der Waals surface area contributed by atoms with Gasteiger partial charge in [0.05, 0.1) is 12.3 Å². The van der Waals surface area contributed by atoms with E-state index in [0.717, 1.165) is 23.4 Å². The molecule has 0 radical (unpaired) electrons. The monoisotopic (exact) mass is 289 g/mol. The maximum Gasteiger partial charge on any atom is 0.254 e. The summed E-state index contributed by atoms with van der Waals surface area (Å²) in [5.74, 6) is 1.28. The summed E-state index contributed by atoms with van der Waals surface area (Å²) in [4.78, 5) is 12.1. The molecule has 2 rings (SSSR count). The molecule has 0 fully saturated rings. The number of ether oxygens (including phenoxy) is 1. The van der Waals surface area contributed by atoms with Crippen molar-refractivity contribution < 1.29 is 4.74 Å². The average Bonchev–Trinajstić information content (AvgIpc) is 2.48. The van der Waals surface area contributed by atoms with Gasteiger partial charge in [-0.05, 0) is 24.6 Å². The van der Waals surface area contributed by atoms with E-state index in [4.69, 9.17) is 4.74 Å². The van der Waals surface area contributed by atoms with Crippen LogP contribution in [-0.2, 0) is 12.8 Å². The lowest BCUT2D eigenvalue weighted by Crippen LogP contribution is -2.21. The van der Waals surface area contributed by atoms with Crippen LogP contribution in [0.25, 0.3) is 11.3 Å². The van der Waals surface area contributed by atoms with Crippen molar-refractivity contribution in [2.45, 2.75) is 19.1 Å². The Bertz CT molecular complexity index is 649. The summed E-state index contributed by atoms with van der Waals surface area (Å²) in [5.41, 5.74) is 2.56. The molecular formula is C16H19NO2S. The van der Waals surface area contributed by atoms with E-state index in [1.807, 2.05) is 36.4 Å². The number of hydrogen-bond donors (Lipinski definition) is 1. The topological polar surface area (TPSA) is 31.2 Å². The van der Waals surface area contributed by atoms with E-state index in [2.05, 4.69) is 19.6 Å². The maximum atomic E-state index is 12.1. The van der Waals surface area contributed by atoms with Crippen molar-refractivity contribution in [3.63, 3.8) is 0 Å². The zero-order chi connectivity index (χ0) is 14.5. The molecular weight excluding hydrogens is 270 g/mol. The molecule has 0 aliphatic heterocycles. The first-order chi connectivity index (χ1) is 9.67. The average molecular weight is 289 g/mol. The Kier molecular flexibility index (Phi) is 4.90. The van der Waals surface area contributed by atoms with Gasteiger partial charge in [-0.2, -0.15) is 12.6 Å². The molecule has 0 N–H and O–H groups in total. The molecule has 0 aliphatic carbocycles. The highest BCUT2D eigenvalue weighted by Gasteiger charge is 2.07. The van der Waals surface area contributed by atoms with Crippen molar-refractivity contribution in [3.05, 3.63) is 52.3 Å². The minimum atomic E-state index is -0.00243. The number of benzene rings is 1. The van der Waals surface area contributed by atoms with Crippen molar-refractivity contribution in [3.8, 4) is 17.0 Å². The second-order valence-corrected chi connectivity index (χ2v) is 4.96. The summed E-state index contributed by atoms with van der Waals surface area (Å²) in [6.07, 6.45) is 0.972. The standard InChI is InChI=1S/C16H19NO2S/c1-3-9-19-14-6-4-5-12(10-14)15-8-7-13(11-20)16(18)17(15)2/h4-8,10,20H,3,9,11H2,1-2H3. The van der Waals surface area contributed by atoms with E-state index in [9.17, 15) is 4.79 Å². The lowest BCUT2D eigenvalue weighted by Gasteiger charge is -2.11. The van der Waals surface area contributed by atoms with Gasteiger partial charge in [-0.25, -0.2) is 0 Å². The molecule has 0 atom stereocenters. The Labute approximate surface area is 124 Å². The van der Waals surface area contributed by atoms with Crippen LogP contribution in [0.2, 0.25) is 0 Å². The van der Waals surface area contributed by atoms with Gasteiger partial charge in [0.1, 0.15) is 5.75 Å². The summed E-state index contributed by atoms with van der Waals surface area (Å²) in [7, 11) is 1.78. The molecule has 0 saturated carbocycles. The van der Waals surface area contributed by atoms with Crippen LogP contribution in [-0.4, -0.2) is 11.2 Å². The summed E-state index contributed by atoms with van der Waals surface area (Å²) in [6.45, 7) is 2.77. The Morgan fingerprint density at radius 1 is 1.25 bits per heavy atom. The van der Waals surface area contributed by atoms with E-state index in [0.29, 0.717) is 17.9 Å². The Morgan fingerprint density at radius 3 is 2.75 bits per heavy atom. The fourth-order valence-electron chi connectivity index (χ4n) is 2.06. The molecule has 106 valence electrons. The second kappa shape index (κ2) is 6.66. The van der Waals surface area contributed by atoms with E-state index in [1.54, 1.807) is 11.6 Å². The third-order valence-electron chi connectivity index (χ3n) is 3.16. The van der Waals surface area contributed by atoms with Gasteiger partial charge in [-0.3, -0.25) is 4.79 Å². The minimum Gasteiger partial charge on any atom is -0.494 e. The molecule has 0 saturated heterocycles. The Balaban J connectivity index is 2.41. The minimum absolute atomic E-state index is 0.00243. The van der Waals surface area contributed by atoms with Crippen molar-refractivity contribution in [2.24, 2.45) is 7.05 Å². The molecule has 0 spiro atoms. The number of rotatable bonds is 5. The summed E-state index contributed by atoms with van der Waals surface area (Å²) in [6, 6.07) is 11.6. The van der Waals surface area contributed by atoms with Gasteiger partial charge in [0.2, 0.25) is 0 Å². The highest BCUT2D eigenvalue weighted by Crippen LogP contribution is 2.23. The van der Waals surface area contributed by atoms with Crippen molar-refractivity contribution in [2.75, 3.05) is 6.61 Å². The number of pyridine rings is 1. The Morgan fingerprint density at radius 2 is 2.05 bits per heavy atom. The first kappa shape index (κ1) is 14.7.